The van der Waals surface area contributed by atoms with Crippen molar-refractivity contribution in [3.05, 3.63) is 187 Å². The molecule has 9 aromatic rings. The molecule has 5 heteroatoms. The summed E-state index contributed by atoms with van der Waals surface area (Å²) >= 11 is 0. The molecule has 7 aromatic carbocycles. The van der Waals surface area contributed by atoms with Crippen molar-refractivity contribution in [2.45, 2.75) is 6.17 Å². The highest BCUT2D eigenvalue weighted by molar-refractivity contribution is 6.24. The largest absolute Gasteiger partial charge is 0.454 e. The molecule has 0 spiro atoms. The minimum atomic E-state index is -0.244. The Morgan fingerprint density at radius 1 is 0.510 bits per heavy atom. The number of hydrogen-bond acceptors (Lipinski definition) is 5. The van der Waals surface area contributed by atoms with E-state index in [9.17, 15) is 0 Å². The standard InChI is InChI=1S/C46H30N4O/c1-3-13-31(14-4-1)44-48-45(32-15-5-2-6-16-32)50-46(49-44)33-24-22-29(23-25-33)34-17-11-18-35(28-34)41-43-40(37-20-9-10-21-39(37)51-43)38-27-26-30-12-7-8-19-36(30)42(38)47-41/h1-28,44H,(H,48,49,50). The first-order valence-corrected chi connectivity index (χ1v) is 17.1. The summed E-state index contributed by atoms with van der Waals surface area (Å²) in [5.74, 6) is 1.50. The van der Waals surface area contributed by atoms with E-state index in [1.807, 2.05) is 48.5 Å². The van der Waals surface area contributed by atoms with Crippen LogP contribution in [0.15, 0.2) is 184 Å². The third kappa shape index (κ3) is 5.06. The van der Waals surface area contributed by atoms with Gasteiger partial charge in [-0.3, -0.25) is 0 Å². The third-order valence-electron chi connectivity index (χ3n) is 9.72. The third-order valence-corrected chi connectivity index (χ3v) is 9.72. The van der Waals surface area contributed by atoms with Crippen LogP contribution in [0.4, 0.5) is 0 Å². The fraction of sp³-hybridized carbons (Fsp3) is 0.0217. The molecule has 0 bridgehead atoms. The topological polar surface area (TPSA) is 62.8 Å². The van der Waals surface area contributed by atoms with Gasteiger partial charge in [-0.25, -0.2) is 15.0 Å². The molecule has 0 radical (unpaired) electrons. The van der Waals surface area contributed by atoms with E-state index in [0.29, 0.717) is 5.84 Å². The average molecular weight is 655 g/mol. The number of fused-ring (bicyclic) bond motifs is 7. The maximum atomic E-state index is 6.58. The Balaban J connectivity index is 1.06. The Labute approximate surface area is 294 Å². The summed E-state index contributed by atoms with van der Waals surface area (Å²) in [6, 6.07) is 58.6. The van der Waals surface area contributed by atoms with E-state index in [4.69, 9.17) is 19.4 Å². The zero-order valence-electron chi connectivity index (χ0n) is 27.5. The number of benzene rings is 7. The fourth-order valence-corrected chi connectivity index (χ4v) is 7.20. The zero-order chi connectivity index (χ0) is 33.7. The monoisotopic (exact) mass is 654 g/mol. The second-order valence-electron chi connectivity index (χ2n) is 12.8. The Hall–Kier alpha value is -6.85. The molecule has 2 aromatic heterocycles. The van der Waals surface area contributed by atoms with Gasteiger partial charge >= 0.3 is 0 Å². The molecule has 0 saturated heterocycles. The Kier molecular flexibility index (Phi) is 6.81. The van der Waals surface area contributed by atoms with E-state index < -0.39 is 0 Å². The number of nitrogens with one attached hydrogen (secondary N) is 1. The van der Waals surface area contributed by atoms with Crippen molar-refractivity contribution >= 4 is 55.3 Å². The van der Waals surface area contributed by atoms with Crippen molar-refractivity contribution in [3.8, 4) is 22.4 Å². The number of aliphatic imine (C=N–C) groups is 2. The van der Waals surface area contributed by atoms with Gasteiger partial charge in [-0.1, -0.05) is 158 Å². The molecule has 3 heterocycles. The van der Waals surface area contributed by atoms with Gasteiger partial charge in [-0.2, -0.15) is 0 Å². The summed E-state index contributed by atoms with van der Waals surface area (Å²) in [7, 11) is 0. The Morgan fingerprint density at radius 3 is 2.04 bits per heavy atom. The lowest BCUT2D eigenvalue weighted by atomic mass is 9.97. The number of aromatic nitrogens is 1. The molecule has 1 aliphatic heterocycles. The first kappa shape index (κ1) is 29.1. The van der Waals surface area contributed by atoms with Crippen LogP contribution in [0.25, 0.3) is 66.0 Å². The summed E-state index contributed by atoms with van der Waals surface area (Å²) in [5, 5.41) is 9.16. The Morgan fingerprint density at radius 2 is 1.20 bits per heavy atom. The van der Waals surface area contributed by atoms with Crippen LogP contribution < -0.4 is 5.32 Å². The molecule has 10 rings (SSSR count). The molecule has 0 aliphatic carbocycles. The van der Waals surface area contributed by atoms with Gasteiger partial charge in [0.15, 0.2) is 11.4 Å². The molecule has 0 saturated carbocycles. The molecule has 1 unspecified atom stereocenters. The van der Waals surface area contributed by atoms with Crippen molar-refractivity contribution in [1.82, 2.24) is 10.3 Å². The smallest absolute Gasteiger partial charge is 0.162 e. The fourth-order valence-electron chi connectivity index (χ4n) is 7.20. The highest BCUT2D eigenvalue weighted by atomic mass is 16.3. The number of hydrogen-bond donors (Lipinski definition) is 1. The molecular formula is C46H30N4O. The summed E-state index contributed by atoms with van der Waals surface area (Å²) in [6.07, 6.45) is -0.244. The molecule has 0 amide bonds. The van der Waals surface area contributed by atoms with Gasteiger partial charge in [0, 0.05) is 38.2 Å². The summed E-state index contributed by atoms with van der Waals surface area (Å²) in [5.41, 5.74) is 9.73. The molecule has 51 heavy (non-hydrogen) atoms. The molecular weight excluding hydrogens is 625 g/mol. The predicted octanol–water partition coefficient (Wildman–Crippen LogP) is 11.1. The van der Waals surface area contributed by atoms with E-state index >= 15 is 0 Å². The van der Waals surface area contributed by atoms with Crippen LogP contribution in [0.1, 0.15) is 22.9 Å². The van der Waals surface area contributed by atoms with Crippen molar-refractivity contribution in [1.29, 1.82) is 0 Å². The summed E-state index contributed by atoms with van der Waals surface area (Å²) < 4.78 is 6.58. The van der Waals surface area contributed by atoms with Gasteiger partial charge < -0.3 is 9.73 Å². The average Bonchev–Trinajstić information content (AvgIpc) is 3.61. The van der Waals surface area contributed by atoms with Gasteiger partial charge in [0.1, 0.15) is 23.3 Å². The van der Waals surface area contributed by atoms with E-state index in [1.54, 1.807) is 0 Å². The number of nitrogens with zero attached hydrogens (tertiary/aromatic N) is 3. The van der Waals surface area contributed by atoms with Crippen LogP contribution in [-0.2, 0) is 0 Å². The molecule has 1 atom stereocenters. The van der Waals surface area contributed by atoms with Crippen LogP contribution in [0.5, 0.6) is 0 Å². The number of pyridine rings is 1. The van der Waals surface area contributed by atoms with Crippen molar-refractivity contribution < 1.29 is 4.42 Å². The van der Waals surface area contributed by atoms with Gasteiger partial charge in [-0.15, -0.1) is 0 Å². The van der Waals surface area contributed by atoms with Crippen LogP contribution in [0.3, 0.4) is 0 Å². The molecule has 5 nitrogen and oxygen atoms in total. The van der Waals surface area contributed by atoms with E-state index in [2.05, 4.69) is 127 Å². The molecule has 0 fully saturated rings. The first-order valence-electron chi connectivity index (χ1n) is 17.1. The predicted molar refractivity (Wildman–Crippen MR) is 209 cm³/mol. The lowest BCUT2D eigenvalue weighted by Gasteiger charge is -2.23. The van der Waals surface area contributed by atoms with Crippen molar-refractivity contribution in [2.75, 3.05) is 0 Å². The van der Waals surface area contributed by atoms with Crippen LogP contribution in [0, 0.1) is 0 Å². The first-order chi connectivity index (χ1) is 25.3. The lowest BCUT2D eigenvalue weighted by molar-refractivity contribution is 0.669. The normalized spacial score (nSPS) is 14.5. The number of amidine groups is 2. The van der Waals surface area contributed by atoms with Crippen molar-refractivity contribution in [3.63, 3.8) is 0 Å². The van der Waals surface area contributed by atoms with E-state index in [-0.39, 0.29) is 6.17 Å². The minimum absolute atomic E-state index is 0.244. The maximum Gasteiger partial charge on any atom is 0.162 e. The van der Waals surface area contributed by atoms with Gasteiger partial charge in [-0.05, 0) is 34.2 Å². The second-order valence-corrected chi connectivity index (χ2v) is 12.8. The summed E-state index contributed by atoms with van der Waals surface area (Å²) in [4.78, 5) is 15.3. The van der Waals surface area contributed by atoms with Gasteiger partial charge in [0.2, 0.25) is 0 Å². The second kappa shape index (κ2) is 11.9. The number of furan rings is 1. The maximum absolute atomic E-state index is 6.58. The minimum Gasteiger partial charge on any atom is -0.454 e. The molecule has 1 N–H and O–H groups in total. The SMILES string of the molecule is c1ccc(C2=NC(c3ccccc3)NC(c3ccc(-c4cccc(-c5nc6c7ccccc7ccc6c6c5oc5ccccc56)c4)cc3)=N2)cc1. The molecule has 1 aliphatic rings. The summed E-state index contributed by atoms with van der Waals surface area (Å²) in [6.45, 7) is 0. The zero-order valence-corrected chi connectivity index (χ0v) is 27.5. The highest BCUT2D eigenvalue weighted by Crippen LogP contribution is 2.41. The van der Waals surface area contributed by atoms with Gasteiger partial charge in [0.25, 0.3) is 0 Å². The molecule has 240 valence electrons. The number of rotatable bonds is 5. The van der Waals surface area contributed by atoms with Gasteiger partial charge in [0.05, 0.1) is 5.52 Å². The van der Waals surface area contributed by atoms with Crippen molar-refractivity contribution in [2.24, 2.45) is 9.98 Å². The van der Waals surface area contributed by atoms with E-state index in [1.165, 1.54) is 5.39 Å². The quantitative estimate of drug-likeness (QED) is 0.188. The van der Waals surface area contributed by atoms with Crippen LogP contribution >= 0.6 is 0 Å². The van der Waals surface area contributed by atoms with Crippen LogP contribution in [-0.4, -0.2) is 16.7 Å². The van der Waals surface area contributed by atoms with E-state index in [0.717, 1.165) is 83.1 Å². The lowest BCUT2D eigenvalue weighted by Crippen LogP contribution is -2.33. The highest BCUT2D eigenvalue weighted by Gasteiger charge is 2.22. The number of para-hydroxylation sites is 1. The van der Waals surface area contributed by atoms with Crippen LogP contribution in [0.2, 0.25) is 0 Å². The Bertz CT molecular complexity index is 2820.